The topological polar surface area (TPSA) is 98.5 Å². The van der Waals surface area contributed by atoms with Crippen molar-refractivity contribution in [1.29, 1.82) is 0 Å². The Kier molecular flexibility index (Phi) is 5.56. The molecule has 1 rings (SSSR count). The number of alkyl halides is 1. The molecule has 0 spiro atoms. The molecule has 0 aliphatic heterocycles. The van der Waals surface area contributed by atoms with Crippen LogP contribution in [0.4, 0.5) is 10.1 Å². The number of carbonyl (C=O) groups excluding carboxylic acids is 2. The number of hydrogen-bond acceptors (Lipinski definition) is 5. The number of methoxy groups -OCH3 is 1. The van der Waals surface area contributed by atoms with Crippen molar-refractivity contribution in [3.05, 3.63) is 39.7 Å². The third-order valence-corrected chi connectivity index (χ3v) is 3.00. The monoisotopic (exact) mass is 348 g/mol. The molecule has 108 valence electrons. The molecule has 1 amide bonds. The van der Waals surface area contributed by atoms with Crippen LogP contribution in [0.1, 0.15) is 10.4 Å². The molecule has 1 atom stereocenters. The second-order valence-electron chi connectivity index (χ2n) is 3.62. The fourth-order valence-electron chi connectivity index (χ4n) is 1.29. The minimum Gasteiger partial charge on any atom is -0.468 e. The van der Waals surface area contributed by atoms with Gasteiger partial charge < -0.3 is 10.1 Å². The van der Waals surface area contributed by atoms with Crippen molar-refractivity contribution in [1.82, 2.24) is 5.32 Å². The molecular formula is C11H10BrFN2O5. The highest BCUT2D eigenvalue weighted by Crippen LogP contribution is 2.16. The van der Waals surface area contributed by atoms with Crippen LogP contribution in [0, 0.1) is 15.9 Å². The van der Waals surface area contributed by atoms with E-state index in [1.54, 1.807) is 0 Å². The molecule has 0 heterocycles. The van der Waals surface area contributed by atoms with Crippen LogP contribution in [0.15, 0.2) is 18.2 Å². The highest BCUT2D eigenvalue weighted by molar-refractivity contribution is 9.10. The summed E-state index contributed by atoms with van der Waals surface area (Å²) in [5, 5.41) is 12.7. The van der Waals surface area contributed by atoms with Crippen LogP contribution in [0.2, 0.25) is 0 Å². The summed E-state index contributed by atoms with van der Waals surface area (Å²) in [5.41, 5.74) is -0.799. The van der Waals surface area contributed by atoms with Gasteiger partial charge >= 0.3 is 5.97 Å². The van der Waals surface area contributed by atoms with Crippen molar-refractivity contribution >= 4 is 33.5 Å². The van der Waals surface area contributed by atoms with E-state index in [2.05, 4.69) is 26.0 Å². The average Bonchev–Trinajstić information content (AvgIpc) is 2.43. The molecule has 0 bridgehead atoms. The number of nitrogens with one attached hydrogen (secondary N) is 1. The number of nitro benzene ring substituents is 1. The Morgan fingerprint density at radius 2 is 2.20 bits per heavy atom. The Balaban J connectivity index is 2.73. The number of rotatable bonds is 5. The van der Waals surface area contributed by atoms with Gasteiger partial charge in [0.25, 0.3) is 11.6 Å². The number of carbonyl (C=O) groups is 2. The molecule has 0 fully saturated rings. The molecule has 0 aliphatic carbocycles. The highest BCUT2D eigenvalue weighted by Gasteiger charge is 2.19. The van der Waals surface area contributed by atoms with Gasteiger partial charge in [-0.3, -0.25) is 19.7 Å². The van der Waals surface area contributed by atoms with Gasteiger partial charge in [-0.15, -0.1) is 0 Å². The maximum atomic E-state index is 13.5. The van der Waals surface area contributed by atoms with Gasteiger partial charge in [-0.1, -0.05) is 15.9 Å². The summed E-state index contributed by atoms with van der Waals surface area (Å²) in [5.74, 6) is -2.39. The number of halogens is 2. The van der Waals surface area contributed by atoms with Gasteiger partial charge in [-0.2, -0.15) is 0 Å². The summed E-state index contributed by atoms with van der Waals surface area (Å²) in [6.45, 7) is -0.109. The zero-order valence-corrected chi connectivity index (χ0v) is 11.8. The van der Waals surface area contributed by atoms with Crippen molar-refractivity contribution < 1.29 is 23.6 Å². The number of benzene rings is 1. The number of ether oxygens (including phenoxy) is 1. The van der Waals surface area contributed by atoms with Crippen LogP contribution in [0.3, 0.4) is 0 Å². The second kappa shape index (κ2) is 6.94. The Labute approximate surface area is 121 Å². The Morgan fingerprint density at radius 3 is 2.70 bits per heavy atom. The molecule has 0 aliphatic rings. The van der Waals surface area contributed by atoms with Gasteiger partial charge in [0.1, 0.15) is 10.6 Å². The molecule has 20 heavy (non-hydrogen) atoms. The van der Waals surface area contributed by atoms with E-state index in [1.165, 1.54) is 7.11 Å². The van der Waals surface area contributed by atoms with Crippen molar-refractivity contribution in [2.45, 2.75) is 4.83 Å². The third-order valence-electron chi connectivity index (χ3n) is 2.31. The molecule has 7 nitrogen and oxygen atoms in total. The van der Waals surface area contributed by atoms with E-state index in [9.17, 15) is 24.1 Å². The lowest BCUT2D eigenvalue weighted by atomic mass is 10.2. The standard InChI is InChI=1S/C11H10BrFN2O5/c1-20-11(17)8(12)5-14-10(16)7-3-2-6(15(18)19)4-9(7)13/h2-4,8H,5H2,1H3,(H,14,16). The largest absolute Gasteiger partial charge is 0.468 e. The van der Waals surface area contributed by atoms with E-state index in [0.29, 0.717) is 6.07 Å². The molecule has 0 saturated carbocycles. The summed E-state index contributed by atoms with van der Waals surface area (Å²) in [6, 6.07) is 2.68. The lowest BCUT2D eigenvalue weighted by Gasteiger charge is -2.09. The van der Waals surface area contributed by atoms with Gasteiger partial charge in [0, 0.05) is 12.6 Å². The predicted octanol–water partition coefficient (Wildman–Crippen LogP) is 1.40. The number of nitrogens with zero attached hydrogens (tertiary/aromatic N) is 1. The molecule has 0 saturated heterocycles. The van der Waals surface area contributed by atoms with Gasteiger partial charge in [0.05, 0.1) is 23.7 Å². The summed E-state index contributed by atoms with van der Waals surface area (Å²) in [4.78, 5) is 31.7. The molecule has 9 heteroatoms. The van der Waals surface area contributed by atoms with Crippen LogP contribution in [-0.4, -0.2) is 35.3 Å². The van der Waals surface area contributed by atoms with Crippen LogP contribution in [0.25, 0.3) is 0 Å². The van der Waals surface area contributed by atoms with Crippen LogP contribution in [-0.2, 0) is 9.53 Å². The summed E-state index contributed by atoms with van der Waals surface area (Å²) in [7, 11) is 1.19. The minimum atomic E-state index is -1.01. The fraction of sp³-hybridized carbons (Fsp3) is 0.273. The summed E-state index contributed by atoms with van der Waals surface area (Å²) in [6.07, 6.45) is 0. The predicted molar refractivity (Wildman–Crippen MR) is 70.1 cm³/mol. The Bertz CT molecular complexity index is 552. The Morgan fingerprint density at radius 1 is 1.55 bits per heavy atom. The number of nitro groups is 1. The third kappa shape index (κ3) is 3.98. The first-order valence-electron chi connectivity index (χ1n) is 5.31. The normalized spacial score (nSPS) is 11.6. The first-order chi connectivity index (χ1) is 9.36. The smallest absolute Gasteiger partial charge is 0.321 e. The maximum absolute atomic E-state index is 13.5. The molecule has 0 aromatic heterocycles. The molecule has 0 radical (unpaired) electrons. The van der Waals surface area contributed by atoms with Crippen molar-refractivity contribution in [2.75, 3.05) is 13.7 Å². The number of esters is 1. The number of amides is 1. The Hall–Kier alpha value is -2.03. The summed E-state index contributed by atoms with van der Waals surface area (Å²) < 4.78 is 18.0. The molecule has 1 unspecified atom stereocenters. The maximum Gasteiger partial charge on any atom is 0.321 e. The zero-order valence-electron chi connectivity index (χ0n) is 10.3. The molecule has 1 aromatic carbocycles. The quantitative estimate of drug-likeness (QED) is 0.375. The average molecular weight is 349 g/mol. The van der Waals surface area contributed by atoms with E-state index in [1.807, 2.05) is 0 Å². The number of hydrogen-bond donors (Lipinski definition) is 1. The first kappa shape index (κ1) is 16.0. The summed E-state index contributed by atoms with van der Waals surface area (Å²) >= 11 is 2.98. The van der Waals surface area contributed by atoms with Crippen molar-refractivity contribution in [2.24, 2.45) is 0 Å². The zero-order chi connectivity index (χ0) is 15.3. The molecular weight excluding hydrogens is 339 g/mol. The number of non-ortho nitro benzene ring substituents is 1. The van der Waals surface area contributed by atoms with Crippen LogP contribution < -0.4 is 5.32 Å². The highest BCUT2D eigenvalue weighted by atomic mass is 79.9. The van der Waals surface area contributed by atoms with E-state index in [4.69, 9.17) is 0 Å². The minimum absolute atomic E-state index is 0.109. The van der Waals surface area contributed by atoms with Gasteiger partial charge in [0.15, 0.2) is 0 Å². The first-order valence-corrected chi connectivity index (χ1v) is 6.22. The molecule has 1 aromatic rings. The van der Waals surface area contributed by atoms with E-state index < -0.39 is 33.1 Å². The SMILES string of the molecule is COC(=O)C(Br)CNC(=O)c1ccc([N+](=O)[O-])cc1F. The van der Waals surface area contributed by atoms with E-state index in [0.717, 1.165) is 12.1 Å². The van der Waals surface area contributed by atoms with Crippen molar-refractivity contribution in [3.8, 4) is 0 Å². The van der Waals surface area contributed by atoms with Gasteiger partial charge in [-0.25, -0.2) is 4.39 Å². The molecule has 1 N–H and O–H groups in total. The lowest BCUT2D eigenvalue weighted by molar-refractivity contribution is -0.385. The van der Waals surface area contributed by atoms with E-state index >= 15 is 0 Å². The lowest BCUT2D eigenvalue weighted by Crippen LogP contribution is -2.34. The van der Waals surface area contributed by atoms with Crippen LogP contribution >= 0.6 is 15.9 Å². The van der Waals surface area contributed by atoms with Gasteiger partial charge in [0.2, 0.25) is 0 Å². The van der Waals surface area contributed by atoms with E-state index in [-0.39, 0.29) is 12.1 Å². The fourth-order valence-corrected chi connectivity index (χ4v) is 1.64. The van der Waals surface area contributed by atoms with Crippen LogP contribution in [0.5, 0.6) is 0 Å². The van der Waals surface area contributed by atoms with Gasteiger partial charge in [-0.05, 0) is 6.07 Å². The van der Waals surface area contributed by atoms with Crippen molar-refractivity contribution in [3.63, 3.8) is 0 Å². The second-order valence-corrected chi connectivity index (χ2v) is 4.73.